The molecule has 0 spiro atoms. The van der Waals surface area contributed by atoms with E-state index in [4.69, 9.17) is 10.5 Å². The molecule has 0 aromatic carbocycles. The van der Waals surface area contributed by atoms with Crippen molar-refractivity contribution >= 4 is 18.3 Å². The van der Waals surface area contributed by atoms with Crippen LogP contribution in [0.1, 0.15) is 38.5 Å². The topological polar surface area (TPSA) is 64.4 Å². The minimum atomic E-state index is -0.279. The molecule has 2 rings (SSSR count). The predicted octanol–water partition coefficient (Wildman–Crippen LogP) is 1.22. The second-order valence-electron chi connectivity index (χ2n) is 5.04. The molecule has 1 unspecified atom stereocenters. The summed E-state index contributed by atoms with van der Waals surface area (Å²) in [5.41, 5.74) is 5.48. The molecule has 1 amide bonds. The summed E-state index contributed by atoms with van der Waals surface area (Å²) in [6, 6.07) is 0. The van der Waals surface area contributed by atoms with Gasteiger partial charge in [-0.25, -0.2) is 0 Å². The van der Waals surface area contributed by atoms with Crippen molar-refractivity contribution in [1.29, 1.82) is 0 Å². The highest BCUT2D eigenvalue weighted by Crippen LogP contribution is 2.37. The molecule has 0 radical (unpaired) electrons. The molecular formula is C12H23ClN2O2. The number of carbonyl (C=O) groups excluding carboxylic acids is 1. The van der Waals surface area contributed by atoms with Crippen LogP contribution in [0.3, 0.4) is 0 Å². The van der Waals surface area contributed by atoms with Crippen LogP contribution in [0.15, 0.2) is 0 Å². The molecule has 100 valence electrons. The Kier molecular flexibility index (Phi) is 5.70. The molecule has 0 bridgehead atoms. The van der Waals surface area contributed by atoms with Crippen molar-refractivity contribution in [1.82, 2.24) is 5.32 Å². The van der Waals surface area contributed by atoms with E-state index in [1.165, 1.54) is 0 Å². The van der Waals surface area contributed by atoms with Crippen LogP contribution in [-0.4, -0.2) is 31.7 Å². The summed E-state index contributed by atoms with van der Waals surface area (Å²) in [5, 5.41) is 3.01. The fraction of sp³-hybridized carbons (Fsp3) is 0.917. The molecule has 3 N–H and O–H groups in total. The number of nitrogens with two attached hydrogens (primary N) is 1. The van der Waals surface area contributed by atoms with Gasteiger partial charge in [-0.1, -0.05) is 12.8 Å². The van der Waals surface area contributed by atoms with Crippen LogP contribution in [0.25, 0.3) is 0 Å². The van der Waals surface area contributed by atoms with Crippen LogP contribution in [-0.2, 0) is 9.53 Å². The lowest BCUT2D eigenvalue weighted by atomic mass is 9.85. The molecule has 4 nitrogen and oxygen atoms in total. The summed E-state index contributed by atoms with van der Waals surface area (Å²) in [6.07, 6.45) is 6.55. The Hall–Kier alpha value is -0.320. The second kappa shape index (κ2) is 6.57. The van der Waals surface area contributed by atoms with Gasteiger partial charge in [0, 0.05) is 19.7 Å². The van der Waals surface area contributed by atoms with Gasteiger partial charge in [-0.05, 0) is 25.7 Å². The summed E-state index contributed by atoms with van der Waals surface area (Å²) in [5.74, 6) is 0.142. The van der Waals surface area contributed by atoms with Gasteiger partial charge >= 0.3 is 0 Å². The lowest BCUT2D eigenvalue weighted by Crippen LogP contribution is -2.46. The minimum Gasteiger partial charge on any atom is -0.376 e. The van der Waals surface area contributed by atoms with E-state index in [2.05, 4.69) is 5.32 Å². The summed E-state index contributed by atoms with van der Waals surface area (Å²) >= 11 is 0. The highest BCUT2D eigenvalue weighted by atomic mass is 35.5. The third-order valence-electron chi connectivity index (χ3n) is 3.95. The lowest BCUT2D eigenvalue weighted by Gasteiger charge is -2.26. The molecule has 1 aliphatic carbocycles. The van der Waals surface area contributed by atoms with Crippen molar-refractivity contribution in [3.63, 3.8) is 0 Å². The average Bonchev–Trinajstić information content (AvgIpc) is 2.97. The first-order valence-corrected chi connectivity index (χ1v) is 6.37. The summed E-state index contributed by atoms with van der Waals surface area (Å²) < 4.78 is 5.49. The average molecular weight is 263 g/mol. The normalized spacial score (nSPS) is 26.5. The van der Waals surface area contributed by atoms with Crippen LogP contribution < -0.4 is 11.1 Å². The number of nitrogens with one attached hydrogen (secondary N) is 1. The molecule has 5 heteroatoms. The SMILES string of the molecule is Cl.NCC1(C(=O)NCC2CCCO2)CCCC1. The van der Waals surface area contributed by atoms with E-state index in [9.17, 15) is 4.79 Å². The van der Waals surface area contributed by atoms with Crippen molar-refractivity contribution < 1.29 is 9.53 Å². The van der Waals surface area contributed by atoms with Crippen LogP contribution in [0.4, 0.5) is 0 Å². The van der Waals surface area contributed by atoms with Crippen LogP contribution >= 0.6 is 12.4 Å². The largest absolute Gasteiger partial charge is 0.376 e. The molecule has 0 aromatic heterocycles. The summed E-state index contributed by atoms with van der Waals surface area (Å²) in [6.45, 7) is 1.97. The Bertz CT molecular complexity index is 249. The van der Waals surface area contributed by atoms with Gasteiger partial charge in [0.05, 0.1) is 11.5 Å². The van der Waals surface area contributed by atoms with Crippen LogP contribution in [0, 0.1) is 5.41 Å². The lowest BCUT2D eigenvalue weighted by molar-refractivity contribution is -0.130. The maximum Gasteiger partial charge on any atom is 0.227 e. The van der Waals surface area contributed by atoms with E-state index in [0.29, 0.717) is 13.1 Å². The molecule has 1 atom stereocenters. The van der Waals surface area contributed by atoms with E-state index in [-0.39, 0.29) is 29.8 Å². The van der Waals surface area contributed by atoms with Gasteiger partial charge in [0.15, 0.2) is 0 Å². The second-order valence-corrected chi connectivity index (χ2v) is 5.04. The molecule has 1 saturated carbocycles. The molecular weight excluding hydrogens is 240 g/mol. The first-order chi connectivity index (χ1) is 7.77. The molecule has 1 saturated heterocycles. The zero-order chi connectivity index (χ0) is 11.4. The van der Waals surface area contributed by atoms with Crippen molar-refractivity contribution in [3.05, 3.63) is 0 Å². The van der Waals surface area contributed by atoms with Gasteiger partial charge in [-0.15, -0.1) is 12.4 Å². The maximum atomic E-state index is 12.1. The van der Waals surface area contributed by atoms with E-state index in [0.717, 1.165) is 45.1 Å². The van der Waals surface area contributed by atoms with E-state index in [1.807, 2.05) is 0 Å². The minimum absolute atomic E-state index is 0. The quantitative estimate of drug-likeness (QED) is 0.801. The Morgan fingerprint density at radius 3 is 2.59 bits per heavy atom. The van der Waals surface area contributed by atoms with Crippen molar-refractivity contribution in [2.75, 3.05) is 19.7 Å². The molecule has 2 fully saturated rings. The van der Waals surface area contributed by atoms with Gasteiger partial charge in [0.1, 0.15) is 0 Å². The van der Waals surface area contributed by atoms with Gasteiger partial charge in [0.25, 0.3) is 0 Å². The first-order valence-electron chi connectivity index (χ1n) is 6.37. The van der Waals surface area contributed by atoms with Gasteiger partial charge in [0.2, 0.25) is 5.91 Å². The summed E-state index contributed by atoms with van der Waals surface area (Å²) in [4.78, 5) is 12.1. The third kappa shape index (κ3) is 3.33. The van der Waals surface area contributed by atoms with E-state index >= 15 is 0 Å². The maximum absolute atomic E-state index is 12.1. The predicted molar refractivity (Wildman–Crippen MR) is 69.2 cm³/mol. The van der Waals surface area contributed by atoms with E-state index in [1.54, 1.807) is 0 Å². The third-order valence-corrected chi connectivity index (χ3v) is 3.95. The van der Waals surface area contributed by atoms with Gasteiger partial charge in [-0.3, -0.25) is 4.79 Å². The molecule has 1 heterocycles. The highest BCUT2D eigenvalue weighted by Gasteiger charge is 2.39. The summed E-state index contributed by atoms with van der Waals surface area (Å²) in [7, 11) is 0. The molecule has 1 aliphatic heterocycles. The fourth-order valence-electron chi connectivity index (χ4n) is 2.78. The Morgan fingerprint density at radius 1 is 1.35 bits per heavy atom. The zero-order valence-electron chi connectivity index (χ0n) is 10.2. The zero-order valence-corrected chi connectivity index (χ0v) is 11.1. The number of hydrogen-bond acceptors (Lipinski definition) is 3. The van der Waals surface area contributed by atoms with Gasteiger partial charge < -0.3 is 15.8 Å². The number of amides is 1. The number of halogens is 1. The van der Waals surface area contributed by atoms with Crippen LogP contribution in [0.2, 0.25) is 0 Å². The van der Waals surface area contributed by atoms with Crippen molar-refractivity contribution in [2.45, 2.75) is 44.6 Å². The fourth-order valence-corrected chi connectivity index (χ4v) is 2.78. The van der Waals surface area contributed by atoms with Crippen molar-refractivity contribution in [2.24, 2.45) is 11.1 Å². The van der Waals surface area contributed by atoms with Crippen LogP contribution in [0.5, 0.6) is 0 Å². The number of rotatable bonds is 4. The smallest absolute Gasteiger partial charge is 0.227 e. The molecule has 17 heavy (non-hydrogen) atoms. The number of ether oxygens (including phenoxy) is 1. The standard InChI is InChI=1S/C12H22N2O2.ClH/c13-9-12(5-1-2-6-12)11(15)14-8-10-4-3-7-16-10;/h10H,1-9,13H2,(H,14,15);1H. The Labute approximate surface area is 109 Å². The Balaban J connectivity index is 0.00000144. The highest BCUT2D eigenvalue weighted by molar-refractivity contribution is 5.85. The Morgan fingerprint density at radius 2 is 2.06 bits per heavy atom. The van der Waals surface area contributed by atoms with E-state index < -0.39 is 0 Å². The number of hydrogen-bond donors (Lipinski definition) is 2. The number of carbonyl (C=O) groups is 1. The molecule has 0 aromatic rings. The monoisotopic (exact) mass is 262 g/mol. The van der Waals surface area contributed by atoms with Gasteiger partial charge in [-0.2, -0.15) is 0 Å². The first kappa shape index (κ1) is 14.7. The van der Waals surface area contributed by atoms with Crippen molar-refractivity contribution in [3.8, 4) is 0 Å². The molecule has 2 aliphatic rings.